The van der Waals surface area contributed by atoms with Crippen molar-refractivity contribution < 1.29 is 0 Å². The van der Waals surface area contributed by atoms with Crippen LogP contribution in [-0.2, 0) is 0 Å². The third-order valence-electron chi connectivity index (χ3n) is 3.71. The largest absolute Gasteiger partial charge is 0.326 e. The fraction of sp³-hybridized carbons (Fsp3) is 0.0556. The number of fused-ring (bicyclic) bond motifs is 1. The second kappa shape index (κ2) is 5.90. The van der Waals surface area contributed by atoms with Crippen LogP contribution >= 0.6 is 11.3 Å². The van der Waals surface area contributed by atoms with Crippen molar-refractivity contribution in [3.8, 4) is 10.4 Å². The number of nitrogens with zero attached hydrogens (tertiary/aromatic N) is 2. The van der Waals surface area contributed by atoms with E-state index in [-0.39, 0.29) is 5.56 Å². The molecule has 5 nitrogen and oxygen atoms in total. The van der Waals surface area contributed by atoms with Gasteiger partial charge in [0.15, 0.2) is 5.65 Å². The highest BCUT2D eigenvalue weighted by atomic mass is 32.1. The van der Waals surface area contributed by atoms with Gasteiger partial charge < -0.3 is 5.32 Å². The van der Waals surface area contributed by atoms with Crippen molar-refractivity contribution in [1.82, 2.24) is 15.0 Å². The van der Waals surface area contributed by atoms with Crippen LogP contribution in [-0.4, -0.2) is 15.0 Å². The third kappa shape index (κ3) is 2.68. The maximum Gasteiger partial charge on any atom is 0.262 e. The molecule has 4 rings (SSSR count). The minimum atomic E-state index is -0.203. The second-order valence-electron chi connectivity index (χ2n) is 5.44. The number of hydrogen-bond acceptors (Lipinski definition) is 5. The van der Waals surface area contributed by atoms with Gasteiger partial charge in [-0.15, -0.1) is 11.3 Å². The molecule has 0 aliphatic rings. The molecule has 0 radical (unpaired) electrons. The zero-order chi connectivity index (χ0) is 16.5. The third-order valence-corrected chi connectivity index (χ3v) is 4.61. The minimum absolute atomic E-state index is 0.203. The minimum Gasteiger partial charge on any atom is -0.326 e. The molecular weight excluding hydrogens is 320 g/mol. The van der Waals surface area contributed by atoms with Crippen molar-refractivity contribution in [3.63, 3.8) is 0 Å². The lowest BCUT2D eigenvalue weighted by molar-refractivity contribution is 1.14. The Labute approximate surface area is 142 Å². The molecular formula is C18H14N4OS. The zero-order valence-corrected chi connectivity index (χ0v) is 13.7. The lowest BCUT2D eigenvalue weighted by atomic mass is 10.1. The lowest BCUT2D eigenvalue weighted by Gasteiger charge is -2.08. The molecule has 118 valence electrons. The Morgan fingerprint density at radius 1 is 1.12 bits per heavy atom. The Bertz CT molecular complexity index is 1050. The van der Waals surface area contributed by atoms with Crippen LogP contribution in [0.4, 0.5) is 11.6 Å². The predicted molar refractivity (Wildman–Crippen MR) is 97.9 cm³/mol. The van der Waals surface area contributed by atoms with E-state index in [1.54, 1.807) is 17.5 Å². The van der Waals surface area contributed by atoms with E-state index in [0.717, 1.165) is 16.1 Å². The number of aromatic nitrogens is 3. The highest BCUT2D eigenvalue weighted by Gasteiger charge is 2.12. The van der Waals surface area contributed by atoms with Gasteiger partial charge in [-0.25, -0.2) is 4.98 Å². The summed E-state index contributed by atoms with van der Waals surface area (Å²) in [5.41, 5.74) is 3.11. The van der Waals surface area contributed by atoms with Crippen molar-refractivity contribution in [2.75, 3.05) is 5.32 Å². The van der Waals surface area contributed by atoms with Crippen LogP contribution in [0, 0.1) is 6.92 Å². The van der Waals surface area contributed by atoms with Gasteiger partial charge in [-0.2, -0.15) is 4.98 Å². The average Bonchev–Trinajstić information content (AvgIpc) is 3.11. The Morgan fingerprint density at radius 3 is 2.71 bits per heavy atom. The van der Waals surface area contributed by atoms with Gasteiger partial charge in [0.25, 0.3) is 5.56 Å². The van der Waals surface area contributed by atoms with Crippen LogP contribution in [0.3, 0.4) is 0 Å². The molecule has 6 heteroatoms. The van der Waals surface area contributed by atoms with E-state index in [4.69, 9.17) is 0 Å². The second-order valence-corrected chi connectivity index (χ2v) is 6.39. The molecule has 0 unspecified atom stereocenters. The molecule has 0 spiro atoms. The number of aryl methyl sites for hydroxylation is 1. The molecule has 4 aromatic rings. The molecule has 2 N–H and O–H groups in total. The lowest BCUT2D eigenvalue weighted by Crippen LogP contribution is -2.12. The highest BCUT2D eigenvalue weighted by Crippen LogP contribution is 2.28. The number of nitrogens with one attached hydrogen (secondary N) is 2. The van der Waals surface area contributed by atoms with Gasteiger partial charge in [0.05, 0.1) is 5.39 Å². The first-order valence-electron chi connectivity index (χ1n) is 7.47. The highest BCUT2D eigenvalue weighted by molar-refractivity contribution is 7.13. The normalized spacial score (nSPS) is 10.9. The van der Waals surface area contributed by atoms with E-state index in [9.17, 15) is 4.79 Å². The molecule has 3 heterocycles. The van der Waals surface area contributed by atoms with E-state index in [0.29, 0.717) is 17.0 Å². The summed E-state index contributed by atoms with van der Waals surface area (Å²) >= 11 is 1.58. The maximum atomic E-state index is 12.6. The molecule has 1 aromatic carbocycles. The quantitative estimate of drug-likeness (QED) is 0.592. The predicted octanol–water partition coefficient (Wildman–Crippen LogP) is 4.10. The Hall–Kier alpha value is -2.99. The van der Waals surface area contributed by atoms with Crippen LogP contribution < -0.4 is 10.9 Å². The molecule has 0 atom stereocenters. The fourth-order valence-corrected chi connectivity index (χ4v) is 3.29. The summed E-state index contributed by atoms with van der Waals surface area (Å²) in [6.45, 7) is 2.02. The Balaban J connectivity index is 1.81. The van der Waals surface area contributed by atoms with E-state index in [1.165, 1.54) is 5.56 Å². The molecule has 0 saturated carbocycles. The zero-order valence-electron chi connectivity index (χ0n) is 12.9. The number of thiophene rings is 1. The summed E-state index contributed by atoms with van der Waals surface area (Å²) < 4.78 is 0. The Morgan fingerprint density at radius 2 is 1.96 bits per heavy atom. The molecule has 0 fully saturated rings. The van der Waals surface area contributed by atoms with Gasteiger partial charge >= 0.3 is 0 Å². The smallest absolute Gasteiger partial charge is 0.262 e. The van der Waals surface area contributed by atoms with Crippen LogP contribution in [0.15, 0.2) is 58.8 Å². The van der Waals surface area contributed by atoms with Gasteiger partial charge in [-0.1, -0.05) is 23.8 Å². The van der Waals surface area contributed by atoms with Crippen molar-refractivity contribution in [3.05, 3.63) is 70.0 Å². The van der Waals surface area contributed by atoms with Crippen molar-refractivity contribution in [2.45, 2.75) is 6.92 Å². The van der Waals surface area contributed by atoms with Crippen LogP contribution in [0.5, 0.6) is 0 Å². The number of hydrogen-bond donors (Lipinski definition) is 2. The molecule has 0 bridgehead atoms. The number of pyridine rings is 1. The SMILES string of the molecule is Cc1ccc(Nc2nc3nccc(-c4cccs4)c3c(=O)[nH]2)cc1. The first kappa shape index (κ1) is 14.6. The van der Waals surface area contributed by atoms with E-state index in [2.05, 4.69) is 20.3 Å². The number of rotatable bonds is 3. The van der Waals surface area contributed by atoms with E-state index < -0.39 is 0 Å². The fourth-order valence-electron chi connectivity index (χ4n) is 2.53. The number of anilines is 2. The van der Waals surface area contributed by atoms with Crippen LogP contribution in [0.2, 0.25) is 0 Å². The van der Waals surface area contributed by atoms with Crippen LogP contribution in [0.25, 0.3) is 21.5 Å². The van der Waals surface area contributed by atoms with Gasteiger partial charge in [-0.3, -0.25) is 9.78 Å². The number of H-pyrrole nitrogens is 1. The van der Waals surface area contributed by atoms with Gasteiger partial charge in [0.2, 0.25) is 5.95 Å². The average molecular weight is 334 g/mol. The maximum absolute atomic E-state index is 12.6. The summed E-state index contributed by atoms with van der Waals surface area (Å²) in [5.74, 6) is 0.382. The summed E-state index contributed by atoms with van der Waals surface area (Å²) in [7, 11) is 0. The van der Waals surface area contributed by atoms with Gasteiger partial charge in [-0.05, 0) is 36.6 Å². The molecule has 0 saturated heterocycles. The summed E-state index contributed by atoms with van der Waals surface area (Å²) in [5, 5.41) is 5.61. The topological polar surface area (TPSA) is 70.7 Å². The first-order chi connectivity index (χ1) is 11.7. The Kier molecular flexibility index (Phi) is 3.59. The van der Waals surface area contributed by atoms with Crippen molar-refractivity contribution >= 4 is 34.0 Å². The van der Waals surface area contributed by atoms with Crippen molar-refractivity contribution in [2.24, 2.45) is 0 Å². The van der Waals surface area contributed by atoms with E-state index in [1.807, 2.05) is 54.8 Å². The van der Waals surface area contributed by atoms with E-state index >= 15 is 0 Å². The first-order valence-corrected chi connectivity index (χ1v) is 8.35. The number of aromatic amines is 1. The molecule has 0 aliphatic heterocycles. The molecule has 0 aliphatic carbocycles. The summed E-state index contributed by atoms with van der Waals surface area (Å²) in [6, 6.07) is 13.7. The monoisotopic (exact) mass is 334 g/mol. The molecule has 3 aromatic heterocycles. The summed E-state index contributed by atoms with van der Waals surface area (Å²) in [4.78, 5) is 25.1. The summed E-state index contributed by atoms with van der Waals surface area (Å²) in [6.07, 6.45) is 1.68. The standard InChI is InChI=1S/C18H14N4OS/c1-11-4-6-12(7-5-11)20-18-21-16-15(17(23)22-18)13(8-9-19-16)14-3-2-10-24-14/h2-10H,1H3,(H2,19,20,21,22,23). The van der Waals surface area contributed by atoms with Crippen LogP contribution in [0.1, 0.15) is 5.56 Å². The molecule has 24 heavy (non-hydrogen) atoms. The molecule has 0 amide bonds. The van der Waals surface area contributed by atoms with Crippen molar-refractivity contribution in [1.29, 1.82) is 0 Å². The number of benzene rings is 1. The van der Waals surface area contributed by atoms with Gasteiger partial charge in [0.1, 0.15) is 0 Å². The van der Waals surface area contributed by atoms with Gasteiger partial charge in [0, 0.05) is 22.3 Å².